The highest BCUT2D eigenvalue weighted by molar-refractivity contribution is 5.93. The van der Waals surface area contributed by atoms with Gasteiger partial charge in [-0.1, -0.05) is 0 Å². The zero-order chi connectivity index (χ0) is 20.3. The lowest BCUT2D eigenvalue weighted by Crippen LogP contribution is -2.44. The molecule has 9 heteroatoms. The number of halogens is 3. The predicted molar refractivity (Wildman–Crippen MR) is 94.4 cm³/mol. The molecule has 1 N–H and O–H groups in total. The van der Waals surface area contributed by atoms with Crippen LogP contribution in [0.1, 0.15) is 48.2 Å². The fourth-order valence-corrected chi connectivity index (χ4v) is 3.63. The number of ether oxygens (including phenoxy) is 1. The maximum absolute atomic E-state index is 12.6. The minimum atomic E-state index is -4.53. The lowest BCUT2D eigenvalue weighted by molar-refractivity contribution is -0.142. The quantitative estimate of drug-likeness (QED) is 0.714. The summed E-state index contributed by atoms with van der Waals surface area (Å²) in [5.41, 5.74) is -0.938. The largest absolute Gasteiger partial charge is 0.469 e. The monoisotopic (exact) mass is 399 g/mol. The Labute approximate surface area is 161 Å². The molecule has 3 rings (SSSR count). The summed E-state index contributed by atoms with van der Waals surface area (Å²) in [6, 6.07) is 2.13. The van der Waals surface area contributed by atoms with Crippen molar-refractivity contribution in [3.05, 3.63) is 29.6 Å². The minimum Gasteiger partial charge on any atom is -0.469 e. The third-order valence-corrected chi connectivity index (χ3v) is 5.38. The summed E-state index contributed by atoms with van der Waals surface area (Å²) in [7, 11) is 1.37. The first-order chi connectivity index (χ1) is 13.3. The maximum Gasteiger partial charge on any atom is 0.433 e. The van der Waals surface area contributed by atoms with Crippen LogP contribution in [0.4, 0.5) is 13.2 Å². The van der Waals surface area contributed by atoms with E-state index in [-0.39, 0.29) is 23.6 Å². The Morgan fingerprint density at radius 1 is 1.21 bits per heavy atom. The van der Waals surface area contributed by atoms with E-state index in [1.165, 1.54) is 20.0 Å². The molecule has 1 amide bonds. The van der Waals surface area contributed by atoms with Gasteiger partial charge in [0, 0.05) is 31.4 Å². The van der Waals surface area contributed by atoms with Crippen LogP contribution in [0.25, 0.3) is 0 Å². The number of pyridine rings is 1. The number of carbonyl (C=O) groups excluding carboxylic acids is 2. The molecule has 1 aliphatic carbocycles. The number of hydrogen-bond donors (Lipinski definition) is 1. The molecular formula is C19H24F3N3O3. The van der Waals surface area contributed by atoms with E-state index in [4.69, 9.17) is 4.74 Å². The van der Waals surface area contributed by atoms with E-state index in [9.17, 15) is 22.8 Å². The van der Waals surface area contributed by atoms with E-state index < -0.39 is 17.8 Å². The van der Waals surface area contributed by atoms with Gasteiger partial charge in [0.15, 0.2) is 0 Å². The molecule has 1 aromatic heterocycles. The average Bonchev–Trinajstić information content (AvgIpc) is 3.41. The molecule has 28 heavy (non-hydrogen) atoms. The van der Waals surface area contributed by atoms with Crippen molar-refractivity contribution in [1.82, 2.24) is 15.2 Å². The number of nitrogens with one attached hydrogen (secondary N) is 1. The number of aromatic nitrogens is 1. The van der Waals surface area contributed by atoms with Crippen LogP contribution in [0, 0.1) is 5.92 Å². The van der Waals surface area contributed by atoms with Crippen LogP contribution in [0.3, 0.4) is 0 Å². The number of amides is 1. The van der Waals surface area contributed by atoms with E-state index in [0.29, 0.717) is 18.9 Å². The number of methoxy groups -OCH3 is 1. The summed E-state index contributed by atoms with van der Waals surface area (Å²) < 4.78 is 42.5. The van der Waals surface area contributed by atoms with Crippen molar-refractivity contribution in [1.29, 1.82) is 0 Å². The first-order valence-electron chi connectivity index (χ1n) is 9.42. The number of esters is 1. The predicted octanol–water partition coefficient (Wildman–Crippen LogP) is 2.64. The topological polar surface area (TPSA) is 71.5 Å². The summed E-state index contributed by atoms with van der Waals surface area (Å²) >= 11 is 0. The molecule has 2 aliphatic rings. The fourth-order valence-electron chi connectivity index (χ4n) is 3.63. The van der Waals surface area contributed by atoms with Crippen LogP contribution in [-0.4, -0.2) is 54.0 Å². The van der Waals surface area contributed by atoms with E-state index in [2.05, 4.69) is 15.2 Å². The molecule has 0 radical (unpaired) electrons. The Balaban J connectivity index is 1.57. The molecule has 0 unspecified atom stereocenters. The Kier molecular flexibility index (Phi) is 6.22. The van der Waals surface area contributed by atoms with Crippen molar-refractivity contribution in [2.24, 2.45) is 5.92 Å². The van der Waals surface area contributed by atoms with Crippen LogP contribution < -0.4 is 5.32 Å². The third kappa shape index (κ3) is 5.21. The molecule has 154 valence electrons. The molecule has 1 saturated carbocycles. The number of rotatable bonds is 7. The Morgan fingerprint density at radius 2 is 1.93 bits per heavy atom. The van der Waals surface area contributed by atoms with Crippen molar-refractivity contribution in [2.75, 3.05) is 20.2 Å². The van der Waals surface area contributed by atoms with Gasteiger partial charge in [0.25, 0.3) is 5.91 Å². The number of likely N-dealkylation sites (tertiary alicyclic amines) is 1. The minimum absolute atomic E-state index is 0.0888. The lowest BCUT2D eigenvalue weighted by atomic mass is 10.1. The summed E-state index contributed by atoms with van der Waals surface area (Å²) in [5.74, 6) is -0.0640. The van der Waals surface area contributed by atoms with E-state index >= 15 is 0 Å². The van der Waals surface area contributed by atoms with Gasteiger partial charge in [-0.15, -0.1) is 0 Å². The summed E-state index contributed by atoms with van der Waals surface area (Å²) in [6.45, 7) is 1.27. The molecule has 2 fully saturated rings. The SMILES string of the molecule is COC(=O)C[C@H]1CC[C@@H](CNC(=O)c2ccc(C(F)(F)F)nc2)N1CC1CC1. The normalized spacial score (nSPS) is 22.9. The molecule has 0 bridgehead atoms. The molecule has 1 saturated heterocycles. The van der Waals surface area contributed by atoms with Gasteiger partial charge in [-0.05, 0) is 43.7 Å². The van der Waals surface area contributed by atoms with Gasteiger partial charge >= 0.3 is 12.1 Å². The fraction of sp³-hybridized carbons (Fsp3) is 0.632. The van der Waals surface area contributed by atoms with Crippen LogP contribution in [0.15, 0.2) is 18.3 Å². The molecular weight excluding hydrogens is 375 g/mol. The molecule has 0 aromatic carbocycles. The highest BCUT2D eigenvalue weighted by Crippen LogP contribution is 2.35. The van der Waals surface area contributed by atoms with Crippen molar-refractivity contribution >= 4 is 11.9 Å². The van der Waals surface area contributed by atoms with Gasteiger partial charge in [0.1, 0.15) is 5.69 Å². The van der Waals surface area contributed by atoms with Crippen LogP contribution in [-0.2, 0) is 15.7 Å². The smallest absolute Gasteiger partial charge is 0.433 e. The third-order valence-electron chi connectivity index (χ3n) is 5.38. The number of carbonyl (C=O) groups is 2. The zero-order valence-corrected chi connectivity index (χ0v) is 15.7. The summed E-state index contributed by atoms with van der Waals surface area (Å²) in [5, 5.41) is 2.79. The standard InChI is InChI=1S/C19H24F3N3O3/c1-28-17(26)8-14-5-6-15(25(14)11-12-2-3-12)10-24-18(27)13-4-7-16(23-9-13)19(20,21)22/h4,7,9,12,14-15H,2-3,5-6,8,10-11H2,1H3,(H,24,27)/t14-,15+/m1/s1. The molecule has 1 aromatic rings. The summed E-state index contributed by atoms with van der Waals surface area (Å²) in [4.78, 5) is 29.5. The van der Waals surface area contributed by atoms with E-state index in [0.717, 1.165) is 37.7 Å². The Morgan fingerprint density at radius 3 is 2.50 bits per heavy atom. The Bertz CT molecular complexity index is 705. The van der Waals surface area contributed by atoms with Crippen molar-refractivity contribution in [2.45, 2.75) is 50.4 Å². The zero-order valence-electron chi connectivity index (χ0n) is 15.7. The first kappa shape index (κ1) is 20.6. The summed E-state index contributed by atoms with van der Waals surface area (Å²) in [6.07, 6.45) is 0.793. The van der Waals surface area contributed by atoms with Gasteiger partial charge in [-0.3, -0.25) is 19.5 Å². The van der Waals surface area contributed by atoms with Crippen molar-refractivity contribution in [3.63, 3.8) is 0 Å². The lowest BCUT2D eigenvalue weighted by Gasteiger charge is -2.30. The maximum atomic E-state index is 12.6. The molecule has 0 spiro atoms. The van der Waals surface area contributed by atoms with E-state index in [1.54, 1.807) is 0 Å². The van der Waals surface area contributed by atoms with Crippen LogP contribution >= 0.6 is 0 Å². The van der Waals surface area contributed by atoms with Gasteiger partial charge in [-0.25, -0.2) is 0 Å². The second-order valence-electron chi connectivity index (χ2n) is 7.45. The van der Waals surface area contributed by atoms with E-state index in [1.807, 2.05) is 0 Å². The first-order valence-corrected chi connectivity index (χ1v) is 9.42. The van der Waals surface area contributed by atoms with Crippen LogP contribution in [0.5, 0.6) is 0 Å². The molecule has 2 atom stereocenters. The van der Waals surface area contributed by atoms with Crippen molar-refractivity contribution in [3.8, 4) is 0 Å². The molecule has 2 heterocycles. The highest BCUT2D eigenvalue weighted by Gasteiger charge is 2.38. The van der Waals surface area contributed by atoms with Gasteiger partial charge in [0.2, 0.25) is 0 Å². The number of nitrogens with zero attached hydrogens (tertiary/aromatic N) is 2. The van der Waals surface area contributed by atoms with Gasteiger partial charge in [0.05, 0.1) is 19.1 Å². The van der Waals surface area contributed by atoms with Crippen LogP contribution in [0.2, 0.25) is 0 Å². The van der Waals surface area contributed by atoms with Gasteiger partial charge < -0.3 is 10.1 Å². The van der Waals surface area contributed by atoms with Crippen molar-refractivity contribution < 1.29 is 27.5 Å². The van der Waals surface area contributed by atoms with Gasteiger partial charge in [-0.2, -0.15) is 13.2 Å². The molecule has 6 nitrogen and oxygen atoms in total. The Hall–Kier alpha value is -2.16. The second-order valence-corrected chi connectivity index (χ2v) is 7.45. The highest BCUT2D eigenvalue weighted by atomic mass is 19.4. The second kappa shape index (κ2) is 8.46. The number of hydrogen-bond acceptors (Lipinski definition) is 5. The average molecular weight is 399 g/mol. The number of alkyl halides is 3. The molecule has 1 aliphatic heterocycles.